The lowest BCUT2D eigenvalue weighted by Gasteiger charge is -2.22. The van der Waals surface area contributed by atoms with Crippen molar-refractivity contribution in [2.45, 2.75) is 25.0 Å². The summed E-state index contributed by atoms with van der Waals surface area (Å²) < 4.78 is 29.6. The lowest BCUT2D eigenvalue weighted by Crippen LogP contribution is -2.44. The molecule has 2 aromatic rings. The Balaban J connectivity index is 1.79. The maximum absolute atomic E-state index is 14.7. The molecule has 1 saturated heterocycles. The minimum absolute atomic E-state index is 0.163. The summed E-state index contributed by atoms with van der Waals surface area (Å²) >= 11 is 0. The Bertz CT molecular complexity index is 818. The van der Waals surface area contributed by atoms with Crippen LogP contribution in [0.2, 0.25) is 0 Å². The van der Waals surface area contributed by atoms with Gasteiger partial charge in [-0.1, -0.05) is 36.4 Å². The number of rotatable bonds is 4. The predicted molar refractivity (Wildman–Crippen MR) is 86.9 cm³/mol. The highest BCUT2D eigenvalue weighted by Crippen LogP contribution is 2.34. The summed E-state index contributed by atoms with van der Waals surface area (Å²) in [5, 5.41) is 0. The smallest absolute Gasteiger partial charge is 0.351 e. The van der Waals surface area contributed by atoms with Crippen LogP contribution in [0.25, 0.3) is 0 Å². The summed E-state index contributed by atoms with van der Waals surface area (Å²) in [4.78, 5) is 36.1. The summed E-state index contributed by atoms with van der Waals surface area (Å²) in [7, 11) is 0. The minimum atomic E-state index is -2.65. The van der Waals surface area contributed by atoms with Crippen LogP contribution in [-0.2, 0) is 19.0 Å². The fraction of sp³-hybridized carbons (Fsp3) is 0.211. The van der Waals surface area contributed by atoms with E-state index in [2.05, 4.69) is 0 Å². The number of carbonyl (C=O) groups is 3. The van der Waals surface area contributed by atoms with E-state index in [9.17, 15) is 18.8 Å². The molecule has 0 saturated carbocycles. The molecule has 0 spiro atoms. The SMILES string of the molecule is C[C@]1(F)C(=O)O[C@H](OC(=O)c2ccccc2)[C@H]1OC(=O)c1ccccc1. The number of hydrogen-bond acceptors (Lipinski definition) is 6. The van der Waals surface area contributed by atoms with Crippen LogP contribution in [-0.4, -0.2) is 36.0 Å². The number of halogens is 1. The van der Waals surface area contributed by atoms with Gasteiger partial charge in [0.1, 0.15) is 0 Å². The largest absolute Gasteiger partial charge is 0.447 e. The number of cyclic esters (lactones) is 1. The highest BCUT2D eigenvalue weighted by Gasteiger charge is 2.60. The van der Waals surface area contributed by atoms with Crippen LogP contribution in [0, 0.1) is 0 Å². The van der Waals surface area contributed by atoms with Crippen LogP contribution in [0.3, 0.4) is 0 Å². The third kappa shape index (κ3) is 3.42. The van der Waals surface area contributed by atoms with Crippen molar-refractivity contribution in [2.75, 3.05) is 0 Å². The standard InChI is InChI=1S/C19H15FO6/c1-19(20)14(24-15(21)12-8-4-2-5-9-12)17(26-18(19)23)25-16(22)13-10-6-3-7-11-13/h2-11,14,17H,1H3/t14-,17+,19-/m1/s1. The average molecular weight is 358 g/mol. The Morgan fingerprint density at radius 3 is 1.88 bits per heavy atom. The molecule has 1 heterocycles. The molecule has 0 amide bonds. The molecule has 0 aliphatic carbocycles. The zero-order chi connectivity index (χ0) is 18.7. The van der Waals surface area contributed by atoms with Crippen molar-refractivity contribution in [1.82, 2.24) is 0 Å². The van der Waals surface area contributed by atoms with Crippen LogP contribution in [0.1, 0.15) is 27.6 Å². The highest BCUT2D eigenvalue weighted by molar-refractivity contribution is 5.92. The molecule has 0 radical (unpaired) electrons. The molecule has 0 unspecified atom stereocenters. The third-order valence-electron chi connectivity index (χ3n) is 3.88. The van der Waals surface area contributed by atoms with Gasteiger partial charge in [0, 0.05) is 0 Å². The first-order chi connectivity index (χ1) is 12.4. The first-order valence-corrected chi connectivity index (χ1v) is 7.81. The van der Waals surface area contributed by atoms with Crippen LogP contribution >= 0.6 is 0 Å². The molecule has 3 rings (SSSR count). The van der Waals surface area contributed by atoms with Crippen LogP contribution < -0.4 is 0 Å². The lowest BCUT2D eigenvalue weighted by atomic mass is 10.0. The normalized spacial score (nSPS) is 24.6. The third-order valence-corrected chi connectivity index (χ3v) is 3.88. The Morgan fingerprint density at radius 2 is 1.38 bits per heavy atom. The first-order valence-electron chi connectivity index (χ1n) is 7.81. The molecule has 3 atom stereocenters. The molecule has 1 fully saturated rings. The van der Waals surface area contributed by atoms with Gasteiger partial charge < -0.3 is 14.2 Å². The number of benzene rings is 2. The summed E-state index contributed by atoms with van der Waals surface area (Å²) in [6.45, 7) is 0.911. The van der Waals surface area contributed by atoms with Crippen LogP contribution in [0.15, 0.2) is 60.7 Å². The van der Waals surface area contributed by atoms with Gasteiger partial charge in [-0.15, -0.1) is 0 Å². The summed E-state index contributed by atoms with van der Waals surface area (Å²) in [6, 6.07) is 15.8. The average Bonchev–Trinajstić information content (AvgIpc) is 2.86. The number of esters is 3. The molecule has 26 heavy (non-hydrogen) atoms. The molecule has 2 aromatic carbocycles. The van der Waals surface area contributed by atoms with Gasteiger partial charge in [-0.25, -0.2) is 18.8 Å². The quantitative estimate of drug-likeness (QED) is 0.782. The fourth-order valence-corrected chi connectivity index (χ4v) is 2.41. The van der Waals surface area contributed by atoms with Crippen molar-refractivity contribution in [1.29, 1.82) is 0 Å². The highest BCUT2D eigenvalue weighted by atomic mass is 19.1. The van der Waals surface area contributed by atoms with Gasteiger partial charge in [-0.3, -0.25) is 0 Å². The van der Waals surface area contributed by atoms with Crippen LogP contribution in [0.5, 0.6) is 0 Å². The van der Waals surface area contributed by atoms with Crippen molar-refractivity contribution in [3.8, 4) is 0 Å². The second-order valence-electron chi connectivity index (χ2n) is 5.81. The fourth-order valence-electron chi connectivity index (χ4n) is 2.41. The van der Waals surface area contributed by atoms with E-state index in [4.69, 9.17) is 14.2 Å². The Hall–Kier alpha value is -3.22. The van der Waals surface area contributed by atoms with Crippen molar-refractivity contribution in [2.24, 2.45) is 0 Å². The van der Waals surface area contributed by atoms with Gasteiger partial charge in [0.05, 0.1) is 11.1 Å². The van der Waals surface area contributed by atoms with E-state index in [-0.39, 0.29) is 11.1 Å². The van der Waals surface area contributed by atoms with E-state index < -0.39 is 36.0 Å². The maximum atomic E-state index is 14.7. The second-order valence-corrected chi connectivity index (χ2v) is 5.81. The van der Waals surface area contributed by atoms with Crippen molar-refractivity contribution in [3.63, 3.8) is 0 Å². The molecule has 0 N–H and O–H groups in total. The predicted octanol–water partition coefficient (Wildman–Crippen LogP) is 2.68. The van der Waals surface area contributed by atoms with E-state index in [0.717, 1.165) is 6.92 Å². The van der Waals surface area contributed by atoms with Gasteiger partial charge in [-0.05, 0) is 31.2 Å². The Morgan fingerprint density at radius 1 is 0.923 bits per heavy atom. The van der Waals surface area contributed by atoms with Gasteiger partial charge >= 0.3 is 17.9 Å². The first kappa shape index (κ1) is 17.6. The number of ether oxygens (including phenoxy) is 3. The Labute approximate surface area is 148 Å². The molecule has 7 heteroatoms. The lowest BCUT2D eigenvalue weighted by molar-refractivity contribution is -0.161. The van der Waals surface area contributed by atoms with E-state index in [1.54, 1.807) is 36.4 Å². The topological polar surface area (TPSA) is 78.9 Å². The molecule has 1 aliphatic heterocycles. The number of hydrogen-bond donors (Lipinski definition) is 0. The van der Waals surface area contributed by atoms with Gasteiger partial charge in [0.25, 0.3) is 6.29 Å². The maximum Gasteiger partial charge on any atom is 0.351 e. The van der Waals surface area contributed by atoms with Crippen molar-refractivity contribution >= 4 is 17.9 Å². The number of carbonyl (C=O) groups excluding carboxylic acids is 3. The summed E-state index contributed by atoms with van der Waals surface area (Å²) in [5.74, 6) is -2.96. The summed E-state index contributed by atoms with van der Waals surface area (Å²) in [5.41, 5.74) is -2.30. The summed E-state index contributed by atoms with van der Waals surface area (Å²) in [6.07, 6.45) is -3.41. The van der Waals surface area contributed by atoms with E-state index in [1.807, 2.05) is 0 Å². The van der Waals surface area contributed by atoms with Crippen molar-refractivity contribution in [3.05, 3.63) is 71.8 Å². The molecule has 6 nitrogen and oxygen atoms in total. The van der Waals surface area contributed by atoms with Gasteiger partial charge in [-0.2, -0.15) is 0 Å². The Kier molecular flexibility index (Phi) is 4.71. The van der Waals surface area contributed by atoms with E-state index in [1.165, 1.54) is 24.3 Å². The number of alkyl halides is 1. The molecule has 1 aliphatic rings. The van der Waals surface area contributed by atoms with E-state index >= 15 is 0 Å². The molecular formula is C19H15FO6. The van der Waals surface area contributed by atoms with Crippen molar-refractivity contribution < 1.29 is 33.0 Å². The molecule has 0 aromatic heterocycles. The molecule has 0 bridgehead atoms. The van der Waals surface area contributed by atoms with Crippen LogP contribution in [0.4, 0.5) is 4.39 Å². The van der Waals surface area contributed by atoms with Gasteiger partial charge in [0.2, 0.25) is 11.8 Å². The van der Waals surface area contributed by atoms with E-state index in [0.29, 0.717) is 0 Å². The zero-order valence-corrected chi connectivity index (χ0v) is 13.8. The van der Waals surface area contributed by atoms with Gasteiger partial charge in [0.15, 0.2) is 0 Å². The second kappa shape index (κ2) is 6.95. The molecular weight excluding hydrogens is 343 g/mol. The molecule has 134 valence electrons. The zero-order valence-electron chi connectivity index (χ0n) is 13.8. The minimum Gasteiger partial charge on any atom is -0.447 e. The monoisotopic (exact) mass is 358 g/mol.